The van der Waals surface area contributed by atoms with Gasteiger partial charge in [0, 0.05) is 0 Å². The van der Waals surface area contributed by atoms with Gasteiger partial charge in [-0.2, -0.15) is 5.26 Å². The molecule has 0 aliphatic heterocycles. The normalized spacial score (nSPS) is 21.8. The summed E-state index contributed by atoms with van der Waals surface area (Å²) >= 11 is 0. The molecule has 1 aliphatic rings. The van der Waals surface area contributed by atoms with Gasteiger partial charge in [-0.25, -0.2) is 0 Å². The average Bonchev–Trinajstić information content (AvgIpc) is 2.68. The highest BCUT2D eigenvalue weighted by Gasteiger charge is 2.28. The fourth-order valence-corrected chi connectivity index (χ4v) is 3.93. The van der Waals surface area contributed by atoms with Crippen molar-refractivity contribution < 1.29 is 4.74 Å². The number of hydrogen-bond acceptors (Lipinski definition) is 2. The van der Waals surface area contributed by atoms with E-state index in [4.69, 9.17) is 10.00 Å². The Balaban J connectivity index is 1.77. The van der Waals surface area contributed by atoms with Crippen LogP contribution in [0.1, 0.15) is 88.7 Å². The van der Waals surface area contributed by atoms with Crippen molar-refractivity contribution >= 4 is 0 Å². The maximum Gasteiger partial charge on any atom is 0.100 e. The molecule has 2 rings (SSSR count). The van der Waals surface area contributed by atoms with E-state index in [1.54, 1.807) is 0 Å². The summed E-state index contributed by atoms with van der Waals surface area (Å²) in [5, 5.41) is 8.92. The minimum atomic E-state index is 0.365. The van der Waals surface area contributed by atoms with E-state index in [1.165, 1.54) is 50.5 Å². The van der Waals surface area contributed by atoms with E-state index in [2.05, 4.69) is 38.1 Å². The molecule has 1 unspecified atom stereocenters. The standard InChI is InChI=1S/C23H33NO/c1-3-5-6-7-8-17-25-23(4-2)22-15-13-21(14-16-22)20-11-9-19(18-24)10-12-20/h8-12,17,21-23H,3-7,13-16H2,1-2H3/b17-8+. The first-order valence-electron chi connectivity index (χ1n) is 10.1. The van der Waals surface area contributed by atoms with Crippen molar-refractivity contribution in [1.29, 1.82) is 5.26 Å². The number of rotatable bonds is 9. The quantitative estimate of drug-likeness (QED) is 0.369. The monoisotopic (exact) mass is 339 g/mol. The molecule has 1 aromatic rings. The lowest BCUT2D eigenvalue weighted by Crippen LogP contribution is -2.26. The molecule has 1 atom stereocenters. The van der Waals surface area contributed by atoms with Gasteiger partial charge in [-0.1, -0.05) is 38.8 Å². The molecule has 136 valence electrons. The largest absolute Gasteiger partial charge is 0.498 e. The fourth-order valence-electron chi connectivity index (χ4n) is 3.93. The summed E-state index contributed by atoms with van der Waals surface area (Å²) in [4.78, 5) is 0. The topological polar surface area (TPSA) is 33.0 Å². The van der Waals surface area contributed by atoms with Gasteiger partial charge < -0.3 is 4.74 Å². The van der Waals surface area contributed by atoms with E-state index in [1.807, 2.05) is 18.4 Å². The Hall–Kier alpha value is -1.75. The molecular formula is C23H33NO. The molecule has 25 heavy (non-hydrogen) atoms. The molecule has 2 heteroatoms. The van der Waals surface area contributed by atoms with E-state index in [-0.39, 0.29) is 0 Å². The van der Waals surface area contributed by atoms with Crippen LogP contribution in [0, 0.1) is 17.2 Å². The molecule has 0 heterocycles. The van der Waals surface area contributed by atoms with Crippen LogP contribution in [-0.2, 0) is 4.74 Å². The van der Waals surface area contributed by atoms with Crippen LogP contribution in [0.4, 0.5) is 0 Å². The Morgan fingerprint density at radius 1 is 1.12 bits per heavy atom. The SMILES string of the molecule is CCCCC/C=C/OC(CC)C1CCC(c2ccc(C#N)cc2)CC1. The Labute approximate surface area is 153 Å². The zero-order chi connectivity index (χ0) is 17.9. The molecule has 0 radical (unpaired) electrons. The van der Waals surface area contributed by atoms with Crippen LogP contribution in [0.2, 0.25) is 0 Å². The molecule has 1 aliphatic carbocycles. The summed E-state index contributed by atoms with van der Waals surface area (Å²) in [6, 6.07) is 10.4. The summed E-state index contributed by atoms with van der Waals surface area (Å²) in [6.07, 6.45) is 15.5. The molecule has 2 nitrogen and oxygen atoms in total. The van der Waals surface area contributed by atoms with Crippen LogP contribution < -0.4 is 0 Å². The van der Waals surface area contributed by atoms with Crippen molar-refractivity contribution in [2.24, 2.45) is 5.92 Å². The second-order valence-electron chi connectivity index (χ2n) is 7.30. The lowest BCUT2D eigenvalue weighted by Gasteiger charge is -2.33. The van der Waals surface area contributed by atoms with Crippen LogP contribution >= 0.6 is 0 Å². The molecule has 1 fully saturated rings. The number of nitrogens with zero attached hydrogens (tertiary/aromatic N) is 1. The molecule has 0 spiro atoms. The first-order chi connectivity index (χ1) is 12.3. The van der Waals surface area contributed by atoms with Crippen LogP contribution in [-0.4, -0.2) is 6.10 Å². The highest BCUT2D eigenvalue weighted by Crippen LogP contribution is 2.38. The molecule has 0 amide bonds. The van der Waals surface area contributed by atoms with Crippen LogP contribution in [0.3, 0.4) is 0 Å². The third-order valence-electron chi connectivity index (χ3n) is 5.54. The Bertz CT molecular complexity index is 546. The number of benzene rings is 1. The number of unbranched alkanes of at least 4 members (excludes halogenated alkanes) is 3. The van der Waals surface area contributed by atoms with Crippen molar-refractivity contribution in [3.05, 3.63) is 47.7 Å². The van der Waals surface area contributed by atoms with Crippen molar-refractivity contribution in [2.45, 2.75) is 83.7 Å². The highest BCUT2D eigenvalue weighted by molar-refractivity contribution is 5.33. The number of hydrogen-bond donors (Lipinski definition) is 0. The fraction of sp³-hybridized carbons (Fsp3) is 0.609. The van der Waals surface area contributed by atoms with Gasteiger partial charge in [0.15, 0.2) is 0 Å². The molecular weight excluding hydrogens is 306 g/mol. The summed E-state index contributed by atoms with van der Waals surface area (Å²) in [6.45, 7) is 4.48. The van der Waals surface area contributed by atoms with E-state index in [9.17, 15) is 0 Å². The summed E-state index contributed by atoms with van der Waals surface area (Å²) in [5.41, 5.74) is 2.14. The molecule has 0 N–H and O–H groups in total. The van der Waals surface area contributed by atoms with Gasteiger partial charge in [0.2, 0.25) is 0 Å². The maximum atomic E-state index is 8.92. The van der Waals surface area contributed by atoms with Crippen molar-refractivity contribution in [3.63, 3.8) is 0 Å². The lowest BCUT2D eigenvalue weighted by molar-refractivity contribution is 0.0598. The Morgan fingerprint density at radius 2 is 1.84 bits per heavy atom. The average molecular weight is 340 g/mol. The van der Waals surface area contributed by atoms with Gasteiger partial charge in [-0.05, 0) is 80.6 Å². The second kappa shape index (κ2) is 11.0. The third-order valence-corrected chi connectivity index (χ3v) is 5.54. The Kier molecular flexibility index (Phi) is 8.60. The number of allylic oxidation sites excluding steroid dienone is 1. The van der Waals surface area contributed by atoms with Gasteiger partial charge in [-0.15, -0.1) is 0 Å². The zero-order valence-corrected chi connectivity index (χ0v) is 15.9. The van der Waals surface area contributed by atoms with Gasteiger partial charge in [0.05, 0.1) is 17.9 Å². The van der Waals surface area contributed by atoms with Gasteiger partial charge in [0.1, 0.15) is 6.10 Å². The Morgan fingerprint density at radius 3 is 2.44 bits per heavy atom. The lowest BCUT2D eigenvalue weighted by atomic mass is 9.76. The maximum absolute atomic E-state index is 8.92. The summed E-state index contributed by atoms with van der Waals surface area (Å²) < 4.78 is 6.07. The van der Waals surface area contributed by atoms with Crippen molar-refractivity contribution in [2.75, 3.05) is 0 Å². The number of nitriles is 1. The highest BCUT2D eigenvalue weighted by atomic mass is 16.5. The van der Waals surface area contributed by atoms with Gasteiger partial charge in [0.25, 0.3) is 0 Å². The van der Waals surface area contributed by atoms with E-state index in [0.717, 1.165) is 18.4 Å². The molecule has 1 aromatic carbocycles. The minimum Gasteiger partial charge on any atom is -0.498 e. The van der Waals surface area contributed by atoms with E-state index in [0.29, 0.717) is 17.9 Å². The predicted octanol–water partition coefficient (Wildman–Crippen LogP) is 6.72. The van der Waals surface area contributed by atoms with E-state index >= 15 is 0 Å². The molecule has 0 saturated heterocycles. The first kappa shape index (κ1) is 19.6. The number of ether oxygens (including phenoxy) is 1. The second-order valence-corrected chi connectivity index (χ2v) is 7.30. The van der Waals surface area contributed by atoms with Crippen molar-refractivity contribution in [3.8, 4) is 6.07 Å². The summed E-state index contributed by atoms with van der Waals surface area (Å²) in [5.74, 6) is 1.33. The van der Waals surface area contributed by atoms with Crippen molar-refractivity contribution in [1.82, 2.24) is 0 Å². The van der Waals surface area contributed by atoms with Gasteiger partial charge in [-0.3, -0.25) is 0 Å². The van der Waals surface area contributed by atoms with Crippen LogP contribution in [0.5, 0.6) is 0 Å². The summed E-state index contributed by atoms with van der Waals surface area (Å²) in [7, 11) is 0. The minimum absolute atomic E-state index is 0.365. The zero-order valence-electron chi connectivity index (χ0n) is 15.9. The van der Waals surface area contributed by atoms with Crippen LogP contribution in [0.25, 0.3) is 0 Å². The van der Waals surface area contributed by atoms with Gasteiger partial charge >= 0.3 is 0 Å². The molecule has 0 bridgehead atoms. The smallest absolute Gasteiger partial charge is 0.100 e. The first-order valence-corrected chi connectivity index (χ1v) is 10.1. The van der Waals surface area contributed by atoms with E-state index < -0.39 is 0 Å². The third kappa shape index (κ3) is 6.24. The molecule has 0 aromatic heterocycles. The predicted molar refractivity (Wildman–Crippen MR) is 104 cm³/mol. The molecule has 1 saturated carbocycles. The van der Waals surface area contributed by atoms with Crippen LogP contribution in [0.15, 0.2) is 36.6 Å².